The van der Waals surface area contributed by atoms with Crippen molar-refractivity contribution in [2.75, 3.05) is 0 Å². The number of halogens is 1. The molecule has 1 aliphatic heterocycles. The van der Waals surface area contributed by atoms with Gasteiger partial charge in [-0.25, -0.2) is 4.98 Å². The summed E-state index contributed by atoms with van der Waals surface area (Å²) < 4.78 is 8.31. The van der Waals surface area contributed by atoms with Crippen molar-refractivity contribution in [3.05, 3.63) is 194 Å². The Morgan fingerprint density at radius 2 is 1.21 bits per heavy atom. The van der Waals surface area contributed by atoms with Gasteiger partial charge in [0.05, 0.1) is 44.7 Å². The van der Waals surface area contributed by atoms with Crippen molar-refractivity contribution >= 4 is 72.1 Å². The van der Waals surface area contributed by atoms with E-state index in [0.717, 1.165) is 67.1 Å². The maximum Gasteiger partial charge on any atom is 0.0963 e. The molecule has 0 N–H and O–H groups in total. The summed E-state index contributed by atoms with van der Waals surface area (Å²) in [4.78, 5) is 14.8. The molecule has 56 heavy (non-hydrogen) atoms. The highest BCUT2D eigenvalue weighted by Gasteiger charge is 2.19. The van der Waals surface area contributed by atoms with Gasteiger partial charge >= 0.3 is 0 Å². The molecule has 6 heterocycles. The summed E-state index contributed by atoms with van der Waals surface area (Å²) in [5, 5.41) is 3.60. The zero-order chi connectivity index (χ0) is 37.0. The maximum absolute atomic E-state index is 5.12. The van der Waals surface area contributed by atoms with Gasteiger partial charge in [0, 0.05) is 43.5 Å². The van der Waals surface area contributed by atoms with Crippen LogP contribution in [0, 0.1) is 0 Å². The molecule has 11 rings (SSSR count). The molecule has 0 atom stereocenters. The van der Waals surface area contributed by atoms with E-state index in [1.807, 2.05) is 36.7 Å². The normalized spacial score (nSPS) is 12.8. The van der Waals surface area contributed by atoms with E-state index in [4.69, 9.17) is 9.97 Å². The fraction of sp³-hybridized carbons (Fsp3) is 0. The van der Waals surface area contributed by atoms with Crippen LogP contribution >= 0.6 is 20.7 Å². The van der Waals surface area contributed by atoms with E-state index in [-0.39, 0.29) is 20.7 Å². The summed E-state index contributed by atoms with van der Waals surface area (Å²) in [7, 11) is 0. The van der Waals surface area contributed by atoms with E-state index in [1.54, 1.807) is 0 Å². The van der Waals surface area contributed by atoms with E-state index in [0.29, 0.717) is 0 Å². The summed E-state index contributed by atoms with van der Waals surface area (Å²) in [6, 6.07) is 56.3. The van der Waals surface area contributed by atoms with Crippen LogP contribution in [0.25, 0.3) is 92.3 Å². The Morgan fingerprint density at radius 3 is 2.11 bits per heavy atom. The molecule has 10 aromatic rings. The molecular weight excluding hydrogens is 797 g/mol. The number of rotatable bonds is 6. The average Bonchev–Trinajstić information content (AvgIpc) is 3.80. The second-order valence-electron chi connectivity index (χ2n) is 13.9. The summed E-state index contributed by atoms with van der Waals surface area (Å²) in [6.45, 7) is 0. The maximum atomic E-state index is 5.12. The lowest BCUT2D eigenvalue weighted by molar-refractivity contribution is 1.17. The summed E-state index contributed by atoms with van der Waals surface area (Å²) in [5.41, 5.74) is 15.1. The fourth-order valence-electron chi connectivity index (χ4n) is 8.15. The summed E-state index contributed by atoms with van der Waals surface area (Å²) >= 11 is -0.268. The van der Waals surface area contributed by atoms with Crippen LogP contribution in [0.4, 0.5) is 0 Å². The standard InChI is InChI=1S/C50H32IN5/c1-2-14-36(15-3-1)55-45-21-5-4-17-39(45)49-38(18-11-22-47(49)55)34-24-25-46-40(30-34)50-48(23-12-28-53-50)56(46)37-16-10-13-33(29-37)35-31-43(41-19-6-8-26-51-41)54-44(32-35)42-20-7-9-27-52-42/h1-32H. The Hall–Kier alpha value is -6.77. The van der Waals surface area contributed by atoms with Crippen molar-refractivity contribution in [2.24, 2.45) is 0 Å². The van der Waals surface area contributed by atoms with Gasteiger partial charge in [-0.15, -0.1) is 0 Å². The third-order valence-corrected chi connectivity index (χ3v) is 12.9. The minimum absolute atomic E-state index is 0.268. The van der Waals surface area contributed by atoms with Crippen LogP contribution in [0.15, 0.2) is 188 Å². The minimum atomic E-state index is -0.268. The lowest BCUT2D eigenvalue weighted by atomic mass is 9.98. The molecule has 0 aliphatic carbocycles. The first-order valence-electron chi connectivity index (χ1n) is 18.6. The van der Waals surface area contributed by atoms with Crippen molar-refractivity contribution < 1.29 is 0 Å². The van der Waals surface area contributed by atoms with Gasteiger partial charge in [-0.1, -0.05) is 106 Å². The predicted molar refractivity (Wildman–Crippen MR) is 242 cm³/mol. The quantitative estimate of drug-likeness (QED) is 0.157. The second-order valence-corrected chi connectivity index (χ2v) is 16.4. The fourth-order valence-corrected chi connectivity index (χ4v) is 9.99. The van der Waals surface area contributed by atoms with Gasteiger partial charge in [0.25, 0.3) is 0 Å². The number of allylic oxidation sites excluding steroid dienone is 3. The molecule has 0 spiro atoms. The molecule has 5 nitrogen and oxygen atoms in total. The van der Waals surface area contributed by atoms with Crippen molar-refractivity contribution in [3.8, 4) is 45.0 Å². The average molecular weight is 830 g/mol. The van der Waals surface area contributed by atoms with Gasteiger partial charge in [0.1, 0.15) is 0 Å². The number of hydrogen-bond donors (Lipinski definition) is 0. The number of aromatic nitrogens is 5. The molecule has 0 fully saturated rings. The number of nitrogens with zero attached hydrogens (tertiary/aromatic N) is 5. The largest absolute Gasteiger partial charge is 0.309 e. The van der Waals surface area contributed by atoms with Crippen molar-refractivity contribution in [3.63, 3.8) is 0 Å². The Balaban J connectivity index is 1.08. The zero-order valence-corrected chi connectivity index (χ0v) is 32.2. The Labute approximate surface area is 333 Å². The first-order chi connectivity index (χ1) is 27.8. The zero-order valence-electron chi connectivity index (χ0n) is 30.1. The van der Waals surface area contributed by atoms with Gasteiger partial charge < -0.3 is 9.13 Å². The highest BCUT2D eigenvalue weighted by Crippen LogP contribution is 2.41. The van der Waals surface area contributed by atoms with Crippen molar-refractivity contribution in [2.45, 2.75) is 0 Å². The van der Waals surface area contributed by atoms with Gasteiger partial charge in [-0.3, -0.25) is 9.97 Å². The van der Waals surface area contributed by atoms with E-state index in [1.165, 1.54) is 30.9 Å². The molecule has 264 valence electrons. The molecular formula is C50H32IN5. The lowest BCUT2D eigenvalue weighted by Gasteiger charge is -2.13. The summed E-state index contributed by atoms with van der Waals surface area (Å²) in [6.07, 6.45) is 10.2. The first kappa shape index (κ1) is 32.6. The van der Waals surface area contributed by atoms with Crippen LogP contribution in [0.1, 0.15) is 5.69 Å². The lowest BCUT2D eigenvalue weighted by Crippen LogP contribution is -1.96. The monoisotopic (exact) mass is 829 g/mol. The molecule has 0 saturated heterocycles. The number of hydrogen-bond acceptors (Lipinski definition) is 3. The molecule has 0 bridgehead atoms. The Morgan fingerprint density at radius 1 is 0.446 bits per heavy atom. The third-order valence-electron chi connectivity index (χ3n) is 10.6. The highest BCUT2D eigenvalue weighted by atomic mass is 127. The molecule has 0 saturated carbocycles. The van der Waals surface area contributed by atoms with Crippen LogP contribution in [0.5, 0.6) is 0 Å². The highest BCUT2D eigenvalue weighted by molar-refractivity contribution is 14.2. The first-order valence-corrected chi connectivity index (χ1v) is 21.0. The van der Waals surface area contributed by atoms with Gasteiger partial charge in [0.15, 0.2) is 0 Å². The number of benzene rings is 5. The van der Waals surface area contributed by atoms with Gasteiger partial charge in [-0.05, 0) is 117 Å². The minimum Gasteiger partial charge on any atom is -0.309 e. The van der Waals surface area contributed by atoms with E-state index in [2.05, 4.69) is 170 Å². The topological polar surface area (TPSA) is 48.5 Å². The van der Waals surface area contributed by atoms with Crippen LogP contribution < -0.4 is 0 Å². The van der Waals surface area contributed by atoms with Crippen LogP contribution in [0.3, 0.4) is 0 Å². The molecule has 0 amide bonds. The van der Waals surface area contributed by atoms with Gasteiger partial charge in [-0.2, -0.15) is 0 Å². The second kappa shape index (κ2) is 13.5. The Bertz CT molecular complexity index is 3240. The molecule has 0 unspecified atom stereocenters. The van der Waals surface area contributed by atoms with Crippen LogP contribution in [0.2, 0.25) is 0 Å². The van der Waals surface area contributed by atoms with E-state index < -0.39 is 0 Å². The van der Waals surface area contributed by atoms with Crippen molar-refractivity contribution in [1.82, 2.24) is 24.1 Å². The van der Waals surface area contributed by atoms with Crippen LogP contribution in [-0.2, 0) is 0 Å². The number of pyridine rings is 3. The molecule has 5 aromatic heterocycles. The van der Waals surface area contributed by atoms with E-state index >= 15 is 0 Å². The smallest absolute Gasteiger partial charge is 0.0963 e. The van der Waals surface area contributed by atoms with Crippen LogP contribution in [-0.4, -0.2) is 28.1 Å². The number of fused-ring (bicyclic) bond motifs is 6. The van der Waals surface area contributed by atoms with E-state index in [9.17, 15) is 0 Å². The van der Waals surface area contributed by atoms with Crippen molar-refractivity contribution in [1.29, 1.82) is 0 Å². The third kappa shape index (κ3) is 5.44. The Kier molecular flexibility index (Phi) is 7.88. The molecule has 1 aliphatic rings. The molecule has 6 heteroatoms. The molecule has 5 aromatic carbocycles. The predicted octanol–water partition coefficient (Wildman–Crippen LogP) is 12.8. The summed E-state index contributed by atoms with van der Waals surface area (Å²) in [5.74, 6) is 0. The SMILES string of the molecule is C1=CC=C(c2cc(-c3cccc(-n4c5ccc(-c6cccc7c6c6ccccc6n7-c6ccccc6)cc5c5ncccc54)c3)cc(-c3ccccn3)n2)I=C1. The number of para-hydroxylation sites is 2. The molecule has 0 radical (unpaired) electrons. The van der Waals surface area contributed by atoms with Gasteiger partial charge in [0.2, 0.25) is 0 Å².